The number of carbonyl (C=O) groups is 2. The van der Waals surface area contributed by atoms with E-state index < -0.39 is 5.91 Å². The summed E-state index contributed by atoms with van der Waals surface area (Å²) in [4.78, 5) is 26.0. The highest BCUT2D eigenvalue weighted by atomic mass is 32.2. The van der Waals surface area contributed by atoms with Crippen molar-refractivity contribution in [1.82, 2.24) is 15.0 Å². The predicted molar refractivity (Wildman–Crippen MR) is 143 cm³/mol. The van der Waals surface area contributed by atoms with E-state index in [0.717, 1.165) is 27.2 Å². The van der Waals surface area contributed by atoms with E-state index in [-0.39, 0.29) is 10.2 Å². The Balaban J connectivity index is 1.35. The zero-order chi connectivity index (χ0) is 24.2. The summed E-state index contributed by atoms with van der Waals surface area (Å²) in [7, 11) is 0. The Morgan fingerprint density at radius 2 is 1.66 bits per heavy atom. The maximum Gasteiger partial charge on any atom is 0.285 e. The van der Waals surface area contributed by atoms with Crippen LogP contribution in [0.2, 0.25) is 0 Å². The van der Waals surface area contributed by atoms with E-state index in [9.17, 15) is 9.59 Å². The van der Waals surface area contributed by atoms with Crippen LogP contribution in [-0.2, 0) is 11.3 Å². The van der Waals surface area contributed by atoms with Gasteiger partial charge in [0.2, 0.25) is 0 Å². The van der Waals surface area contributed by atoms with Crippen molar-refractivity contribution in [3.63, 3.8) is 0 Å². The lowest BCUT2D eigenvalue weighted by molar-refractivity contribution is -0.123. The minimum atomic E-state index is -0.391. The Morgan fingerprint density at radius 1 is 0.971 bits per heavy atom. The maximum atomic E-state index is 13.1. The smallest absolute Gasteiger partial charge is 0.285 e. The molecule has 1 N–H and O–H groups in total. The first kappa shape index (κ1) is 22.9. The van der Waals surface area contributed by atoms with Gasteiger partial charge in [-0.3, -0.25) is 15.0 Å². The highest BCUT2D eigenvalue weighted by molar-refractivity contribution is 8.26. The number of benzene rings is 3. The third-order valence-electron chi connectivity index (χ3n) is 5.49. The van der Waals surface area contributed by atoms with Crippen molar-refractivity contribution < 1.29 is 14.3 Å². The number of nitrogens with one attached hydrogen (secondary N) is 1. The average molecular weight is 500 g/mol. The molecule has 0 atom stereocenters. The molecule has 0 saturated carbocycles. The molecule has 1 aliphatic rings. The van der Waals surface area contributed by atoms with Gasteiger partial charge < -0.3 is 9.30 Å². The largest absolute Gasteiger partial charge is 0.492 e. The Kier molecular flexibility index (Phi) is 6.65. The molecule has 0 unspecified atom stereocenters. The van der Waals surface area contributed by atoms with Crippen LogP contribution in [-0.4, -0.2) is 32.3 Å². The molecule has 1 aromatic heterocycles. The molecule has 6 nitrogen and oxygen atoms in total. The molecule has 1 aliphatic heterocycles. The first-order chi connectivity index (χ1) is 17.1. The van der Waals surface area contributed by atoms with Gasteiger partial charge in [0.05, 0.1) is 11.4 Å². The van der Waals surface area contributed by atoms with E-state index in [0.29, 0.717) is 23.6 Å². The molecular weight excluding hydrogens is 478 g/mol. The standard InChI is InChI=1S/C27H21N3O3S2/c31-25(19-9-3-1-4-10-19)28-30-26(32)24(35-27(30)34)17-20-18-29(23-14-8-7-13-22(20)23)15-16-33-21-11-5-2-6-12-21/h1-14,17-18H,15-16H2,(H,28,31)/b24-17-. The Bertz CT molecular complexity index is 1430. The normalized spacial score (nSPS) is 14.6. The molecule has 0 radical (unpaired) electrons. The van der Waals surface area contributed by atoms with Crippen LogP contribution in [0.4, 0.5) is 0 Å². The predicted octanol–water partition coefficient (Wildman–Crippen LogP) is 5.27. The number of thiocarbonyl (C=S) groups is 1. The first-order valence-electron chi connectivity index (χ1n) is 11.0. The maximum absolute atomic E-state index is 13.1. The van der Waals surface area contributed by atoms with E-state index in [4.69, 9.17) is 17.0 Å². The zero-order valence-corrected chi connectivity index (χ0v) is 20.2. The van der Waals surface area contributed by atoms with E-state index >= 15 is 0 Å². The Hall–Kier alpha value is -3.88. The Labute approximate surface area is 212 Å². The first-order valence-corrected chi connectivity index (χ1v) is 12.2. The fourth-order valence-electron chi connectivity index (χ4n) is 3.81. The van der Waals surface area contributed by atoms with Gasteiger partial charge in [-0.2, -0.15) is 5.01 Å². The molecule has 1 saturated heterocycles. The van der Waals surface area contributed by atoms with Crippen LogP contribution in [0.15, 0.2) is 96.0 Å². The molecule has 2 amide bonds. The third kappa shape index (κ3) is 4.99. The second kappa shape index (κ2) is 10.2. The van der Waals surface area contributed by atoms with Crippen LogP contribution < -0.4 is 10.2 Å². The van der Waals surface area contributed by atoms with Gasteiger partial charge in [0.1, 0.15) is 12.4 Å². The van der Waals surface area contributed by atoms with Crippen molar-refractivity contribution in [1.29, 1.82) is 0 Å². The van der Waals surface area contributed by atoms with Crippen LogP contribution >= 0.6 is 24.0 Å². The lowest BCUT2D eigenvalue weighted by atomic mass is 10.1. The van der Waals surface area contributed by atoms with Crippen molar-refractivity contribution in [2.24, 2.45) is 0 Å². The fourth-order valence-corrected chi connectivity index (χ4v) is 4.99. The van der Waals surface area contributed by atoms with Crippen molar-refractivity contribution in [2.75, 3.05) is 6.61 Å². The molecule has 4 aromatic rings. The van der Waals surface area contributed by atoms with Crippen molar-refractivity contribution in [3.8, 4) is 5.75 Å². The van der Waals surface area contributed by atoms with Gasteiger partial charge in [0.15, 0.2) is 4.32 Å². The molecule has 1 fully saturated rings. The summed E-state index contributed by atoms with van der Waals surface area (Å²) < 4.78 is 8.26. The number of carbonyl (C=O) groups excluding carboxylic acids is 2. The number of hydrogen-bond acceptors (Lipinski definition) is 5. The number of thioether (sulfide) groups is 1. The molecular formula is C27H21N3O3S2. The van der Waals surface area contributed by atoms with Crippen LogP contribution in [0, 0.1) is 0 Å². The highest BCUT2D eigenvalue weighted by Gasteiger charge is 2.34. The molecule has 0 spiro atoms. The quantitative estimate of drug-likeness (QED) is 0.277. The molecule has 2 heterocycles. The zero-order valence-electron chi connectivity index (χ0n) is 18.6. The fraction of sp³-hybridized carbons (Fsp3) is 0.0741. The molecule has 5 rings (SSSR count). The van der Waals surface area contributed by atoms with Crippen LogP contribution in [0.5, 0.6) is 5.75 Å². The summed E-state index contributed by atoms with van der Waals surface area (Å²) in [6.07, 6.45) is 3.83. The van der Waals surface area contributed by atoms with Crippen LogP contribution in [0.3, 0.4) is 0 Å². The third-order valence-corrected chi connectivity index (χ3v) is 6.80. The van der Waals surface area contributed by atoms with Crippen molar-refractivity contribution >= 4 is 57.1 Å². The minimum Gasteiger partial charge on any atom is -0.492 e. The number of amides is 2. The molecule has 35 heavy (non-hydrogen) atoms. The molecule has 174 valence electrons. The van der Waals surface area contributed by atoms with Gasteiger partial charge in [-0.15, -0.1) is 0 Å². The topological polar surface area (TPSA) is 63.6 Å². The van der Waals surface area contributed by atoms with Crippen molar-refractivity contribution in [2.45, 2.75) is 6.54 Å². The number of ether oxygens (including phenoxy) is 1. The lowest BCUT2D eigenvalue weighted by Gasteiger charge is -2.15. The van der Waals surface area contributed by atoms with Gasteiger partial charge in [-0.1, -0.05) is 66.4 Å². The Morgan fingerprint density at radius 3 is 2.43 bits per heavy atom. The van der Waals surface area contributed by atoms with Crippen LogP contribution in [0.1, 0.15) is 15.9 Å². The number of hydrazine groups is 1. The summed E-state index contributed by atoms with van der Waals surface area (Å²) in [6.45, 7) is 1.16. The second-order valence-corrected chi connectivity index (χ2v) is 9.46. The number of rotatable bonds is 7. The lowest BCUT2D eigenvalue weighted by Crippen LogP contribution is -2.44. The summed E-state index contributed by atoms with van der Waals surface area (Å²) in [5.74, 6) is 0.0806. The van der Waals surface area contributed by atoms with Gasteiger partial charge in [0, 0.05) is 28.2 Å². The second-order valence-electron chi connectivity index (χ2n) is 7.78. The number of aromatic nitrogens is 1. The summed E-state index contributed by atoms with van der Waals surface area (Å²) >= 11 is 6.54. The molecule has 0 bridgehead atoms. The summed E-state index contributed by atoms with van der Waals surface area (Å²) in [5, 5.41) is 2.15. The highest BCUT2D eigenvalue weighted by Crippen LogP contribution is 2.33. The van der Waals surface area contributed by atoms with E-state index in [1.807, 2.05) is 72.9 Å². The van der Waals surface area contributed by atoms with E-state index in [2.05, 4.69) is 9.99 Å². The van der Waals surface area contributed by atoms with E-state index in [1.54, 1.807) is 24.3 Å². The number of para-hydroxylation sites is 2. The number of hydrogen-bond donors (Lipinski definition) is 1. The molecule has 8 heteroatoms. The number of nitrogens with zero attached hydrogens (tertiary/aromatic N) is 2. The SMILES string of the molecule is O=C(NN1C(=O)/C(=C/c2cn(CCOc3ccccc3)c3ccccc23)SC1=S)c1ccccc1. The van der Waals surface area contributed by atoms with Gasteiger partial charge in [-0.05, 0) is 48.6 Å². The summed E-state index contributed by atoms with van der Waals surface area (Å²) in [6, 6.07) is 26.4. The van der Waals surface area contributed by atoms with Crippen molar-refractivity contribution in [3.05, 3.63) is 107 Å². The van der Waals surface area contributed by atoms with E-state index in [1.165, 1.54) is 11.8 Å². The molecule has 3 aromatic carbocycles. The molecule has 0 aliphatic carbocycles. The minimum absolute atomic E-state index is 0.283. The van der Waals surface area contributed by atoms with Crippen LogP contribution in [0.25, 0.3) is 17.0 Å². The van der Waals surface area contributed by atoms with Gasteiger partial charge in [-0.25, -0.2) is 0 Å². The van der Waals surface area contributed by atoms with Gasteiger partial charge >= 0.3 is 0 Å². The van der Waals surface area contributed by atoms with Gasteiger partial charge in [0.25, 0.3) is 11.8 Å². The average Bonchev–Trinajstić information content (AvgIpc) is 3.37. The summed E-state index contributed by atoms with van der Waals surface area (Å²) in [5.41, 5.74) is 5.01. The monoisotopic (exact) mass is 499 g/mol. The number of fused-ring (bicyclic) bond motifs is 1.